The number of hydrogen-bond donors (Lipinski definition) is 1. The lowest BCUT2D eigenvalue weighted by atomic mass is 9.95. The maximum atomic E-state index is 13.2. The van der Waals surface area contributed by atoms with Crippen molar-refractivity contribution in [3.05, 3.63) is 35.4 Å². The first-order valence-corrected chi connectivity index (χ1v) is 4.16. The summed E-state index contributed by atoms with van der Waals surface area (Å²) in [5.74, 6) is -3.11. The molecule has 0 spiro atoms. The van der Waals surface area contributed by atoms with Crippen LogP contribution in [-0.4, -0.2) is 18.2 Å². The molecule has 0 bridgehead atoms. The van der Waals surface area contributed by atoms with Gasteiger partial charge in [-0.1, -0.05) is 6.07 Å². The van der Waals surface area contributed by atoms with Crippen molar-refractivity contribution in [1.82, 2.24) is 0 Å². The fraction of sp³-hybridized carbons (Fsp3) is 0.300. The third kappa shape index (κ3) is 1.97. The Morgan fingerprint density at radius 3 is 2.27 bits per heavy atom. The van der Waals surface area contributed by atoms with Crippen LogP contribution >= 0.6 is 0 Å². The van der Waals surface area contributed by atoms with Gasteiger partial charge in [-0.2, -0.15) is 0 Å². The summed E-state index contributed by atoms with van der Waals surface area (Å²) in [6.07, 6.45) is 0. The molecule has 0 saturated heterocycles. The quantitative estimate of drug-likeness (QED) is 0.759. The zero-order valence-corrected chi connectivity index (χ0v) is 8.25. The number of halogens is 2. The Hall–Kier alpha value is -1.49. The van der Waals surface area contributed by atoms with E-state index in [9.17, 15) is 18.7 Å². The Morgan fingerprint density at radius 1 is 1.40 bits per heavy atom. The molecule has 0 aliphatic heterocycles. The average Bonchev–Trinajstić information content (AvgIpc) is 2.15. The Morgan fingerprint density at radius 2 is 1.87 bits per heavy atom. The van der Waals surface area contributed by atoms with Gasteiger partial charge in [0.2, 0.25) is 0 Å². The molecule has 0 aliphatic rings. The highest BCUT2D eigenvalue weighted by atomic mass is 19.1. The smallest absolute Gasteiger partial charge is 0.342 e. The lowest BCUT2D eigenvalue weighted by molar-refractivity contribution is -0.162. The zero-order valence-electron chi connectivity index (χ0n) is 8.25. The van der Waals surface area contributed by atoms with E-state index in [0.717, 1.165) is 32.2 Å². The standard InChI is InChI=1S/C10H10F2O3/c1-10(14,9(13)15-2)8-6(11)4-3-5-7(8)12/h3-5,14H,1-2H3. The molecule has 0 saturated carbocycles. The molecule has 3 nitrogen and oxygen atoms in total. The van der Waals surface area contributed by atoms with E-state index >= 15 is 0 Å². The molecule has 82 valence electrons. The minimum atomic E-state index is -2.33. The van der Waals surface area contributed by atoms with Gasteiger partial charge in [0.05, 0.1) is 12.7 Å². The fourth-order valence-corrected chi connectivity index (χ4v) is 1.26. The molecule has 1 rings (SSSR count). The van der Waals surface area contributed by atoms with Crippen LogP contribution in [0.1, 0.15) is 12.5 Å². The number of carbonyl (C=O) groups is 1. The summed E-state index contributed by atoms with van der Waals surface area (Å²) in [7, 11) is 1.02. The Bertz CT molecular complexity index is 368. The third-order valence-corrected chi connectivity index (χ3v) is 2.03. The summed E-state index contributed by atoms with van der Waals surface area (Å²) in [6.45, 7) is 0.973. The van der Waals surface area contributed by atoms with Gasteiger partial charge < -0.3 is 9.84 Å². The van der Waals surface area contributed by atoms with E-state index < -0.39 is 28.8 Å². The van der Waals surface area contributed by atoms with Gasteiger partial charge in [-0.05, 0) is 19.1 Å². The van der Waals surface area contributed by atoms with Crippen LogP contribution in [0.25, 0.3) is 0 Å². The lowest BCUT2D eigenvalue weighted by Crippen LogP contribution is -2.35. The molecule has 0 aliphatic carbocycles. The van der Waals surface area contributed by atoms with E-state index in [2.05, 4.69) is 4.74 Å². The second kappa shape index (κ2) is 3.94. The van der Waals surface area contributed by atoms with Gasteiger partial charge in [-0.3, -0.25) is 0 Å². The predicted octanol–water partition coefficient (Wildman–Crippen LogP) is 1.35. The van der Waals surface area contributed by atoms with E-state index in [0.29, 0.717) is 0 Å². The van der Waals surface area contributed by atoms with Crippen molar-refractivity contribution >= 4 is 5.97 Å². The van der Waals surface area contributed by atoms with Crippen molar-refractivity contribution in [1.29, 1.82) is 0 Å². The summed E-state index contributed by atoms with van der Waals surface area (Å²) < 4.78 is 30.7. The van der Waals surface area contributed by atoms with Gasteiger partial charge in [0.15, 0.2) is 5.60 Å². The van der Waals surface area contributed by atoms with Gasteiger partial charge in [0.1, 0.15) is 11.6 Å². The van der Waals surface area contributed by atoms with Crippen molar-refractivity contribution in [2.45, 2.75) is 12.5 Å². The molecule has 1 aromatic carbocycles. The van der Waals surface area contributed by atoms with Crippen LogP contribution in [0.5, 0.6) is 0 Å². The average molecular weight is 216 g/mol. The van der Waals surface area contributed by atoms with Crippen LogP contribution in [0.4, 0.5) is 8.78 Å². The zero-order chi connectivity index (χ0) is 11.6. The molecule has 0 amide bonds. The Labute approximate surface area is 85.3 Å². The molecule has 1 aromatic rings. The number of carbonyl (C=O) groups excluding carboxylic acids is 1. The van der Waals surface area contributed by atoms with Gasteiger partial charge in [0, 0.05) is 0 Å². The van der Waals surface area contributed by atoms with Crippen LogP contribution in [0.2, 0.25) is 0 Å². The van der Waals surface area contributed by atoms with Crippen LogP contribution in [-0.2, 0) is 15.1 Å². The number of ether oxygens (including phenoxy) is 1. The Kier molecular flexibility index (Phi) is 3.04. The van der Waals surface area contributed by atoms with Crippen LogP contribution in [0.3, 0.4) is 0 Å². The molecule has 1 unspecified atom stereocenters. The molecular weight excluding hydrogens is 206 g/mol. The normalized spacial score (nSPS) is 14.5. The van der Waals surface area contributed by atoms with Crippen molar-refractivity contribution < 1.29 is 23.4 Å². The van der Waals surface area contributed by atoms with Crippen LogP contribution in [0, 0.1) is 11.6 Å². The number of methoxy groups -OCH3 is 1. The lowest BCUT2D eigenvalue weighted by Gasteiger charge is -2.21. The minimum Gasteiger partial charge on any atom is -0.467 e. The van der Waals surface area contributed by atoms with Crippen LogP contribution < -0.4 is 0 Å². The van der Waals surface area contributed by atoms with E-state index in [4.69, 9.17) is 0 Å². The molecule has 0 aromatic heterocycles. The maximum absolute atomic E-state index is 13.2. The second-order valence-electron chi connectivity index (χ2n) is 3.16. The highest BCUT2D eigenvalue weighted by Gasteiger charge is 2.38. The van der Waals surface area contributed by atoms with Gasteiger partial charge in [-0.15, -0.1) is 0 Å². The molecule has 0 heterocycles. The fourth-order valence-electron chi connectivity index (χ4n) is 1.26. The maximum Gasteiger partial charge on any atom is 0.342 e. The monoisotopic (exact) mass is 216 g/mol. The van der Waals surface area contributed by atoms with Crippen molar-refractivity contribution in [2.75, 3.05) is 7.11 Å². The predicted molar refractivity (Wildman–Crippen MR) is 47.9 cm³/mol. The molecule has 1 N–H and O–H groups in total. The SMILES string of the molecule is COC(=O)C(C)(O)c1c(F)cccc1F. The van der Waals surface area contributed by atoms with E-state index in [1.54, 1.807) is 0 Å². The van der Waals surface area contributed by atoms with E-state index in [1.165, 1.54) is 0 Å². The summed E-state index contributed by atoms with van der Waals surface area (Å²) in [5, 5.41) is 9.66. The van der Waals surface area contributed by atoms with Crippen molar-refractivity contribution in [3.8, 4) is 0 Å². The van der Waals surface area contributed by atoms with Gasteiger partial charge in [-0.25, -0.2) is 13.6 Å². The number of esters is 1. The van der Waals surface area contributed by atoms with Crippen molar-refractivity contribution in [3.63, 3.8) is 0 Å². The summed E-state index contributed by atoms with van der Waals surface area (Å²) in [6, 6.07) is 3.05. The summed E-state index contributed by atoms with van der Waals surface area (Å²) >= 11 is 0. The highest BCUT2D eigenvalue weighted by molar-refractivity contribution is 5.80. The first kappa shape index (κ1) is 11.6. The number of hydrogen-bond acceptors (Lipinski definition) is 3. The largest absolute Gasteiger partial charge is 0.467 e. The minimum absolute atomic E-state index is 0.711. The summed E-state index contributed by atoms with van der Waals surface area (Å²) in [5.41, 5.74) is -3.04. The number of rotatable bonds is 2. The molecule has 0 fully saturated rings. The number of benzene rings is 1. The number of aliphatic hydroxyl groups is 1. The van der Waals surface area contributed by atoms with Gasteiger partial charge in [0.25, 0.3) is 0 Å². The molecule has 1 atom stereocenters. The second-order valence-corrected chi connectivity index (χ2v) is 3.16. The molecule has 5 heteroatoms. The Balaban J connectivity index is 3.32. The highest BCUT2D eigenvalue weighted by Crippen LogP contribution is 2.27. The summed E-state index contributed by atoms with van der Waals surface area (Å²) in [4.78, 5) is 11.1. The van der Waals surface area contributed by atoms with Crippen LogP contribution in [0.15, 0.2) is 18.2 Å². The topological polar surface area (TPSA) is 46.5 Å². The molecule has 0 radical (unpaired) electrons. The van der Waals surface area contributed by atoms with E-state index in [1.807, 2.05) is 0 Å². The third-order valence-electron chi connectivity index (χ3n) is 2.03. The molecular formula is C10H10F2O3. The van der Waals surface area contributed by atoms with E-state index in [-0.39, 0.29) is 0 Å². The molecule has 15 heavy (non-hydrogen) atoms. The first-order chi connectivity index (χ1) is 6.91. The first-order valence-electron chi connectivity index (χ1n) is 4.16. The van der Waals surface area contributed by atoms with Gasteiger partial charge >= 0.3 is 5.97 Å². The van der Waals surface area contributed by atoms with Crippen molar-refractivity contribution in [2.24, 2.45) is 0 Å².